The smallest absolute Gasteiger partial charge is 0.231 e. The maximum atomic E-state index is 11.0. The summed E-state index contributed by atoms with van der Waals surface area (Å²) in [6.45, 7) is 7.42. The molecule has 0 radical (unpaired) electrons. The highest BCUT2D eigenvalue weighted by Crippen LogP contribution is 2.11. The summed E-state index contributed by atoms with van der Waals surface area (Å²) in [5.41, 5.74) is 6.57. The molecule has 1 rings (SSSR count). The van der Waals surface area contributed by atoms with Gasteiger partial charge in [0.05, 0.1) is 6.54 Å². The summed E-state index contributed by atoms with van der Waals surface area (Å²) < 4.78 is 0. The molecule has 1 fully saturated rings. The number of rotatable bonds is 5. The topological polar surface area (TPSA) is 58.4 Å². The van der Waals surface area contributed by atoms with E-state index in [1.807, 2.05) is 0 Å². The van der Waals surface area contributed by atoms with E-state index in [1.54, 1.807) is 0 Å². The molecule has 4 nitrogen and oxygen atoms in total. The lowest BCUT2D eigenvalue weighted by Crippen LogP contribution is -2.46. The van der Waals surface area contributed by atoms with Crippen LogP contribution in [0.1, 0.15) is 26.7 Å². The molecule has 92 valence electrons. The molecule has 0 aromatic carbocycles. The van der Waals surface area contributed by atoms with Crippen molar-refractivity contribution in [3.63, 3.8) is 0 Å². The van der Waals surface area contributed by atoms with Crippen LogP contribution in [0.5, 0.6) is 0 Å². The standard InChI is InChI=1S/C12H23N3O/c1-10(2)5-8-15(9-12(13)16)11-3-6-14-7-4-11/h5,11,14H,3-4,6-9H2,1-2H3,(H2,13,16). The number of hydrogen-bond donors (Lipinski definition) is 2. The fraction of sp³-hybridized carbons (Fsp3) is 0.750. The predicted octanol–water partition coefficient (Wildman–Crippen LogP) is 0.492. The number of amides is 1. The molecule has 0 atom stereocenters. The number of primary amides is 1. The zero-order chi connectivity index (χ0) is 12.0. The summed E-state index contributed by atoms with van der Waals surface area (Å²) in [7, 11) is 0. The van der Waals surface area contributed by atoms with E-state index in [0.717, 1.165) is 32.5 Å². The van der Waals surface area contributed by atoms with E-state index in [1.165, 1.54) is 5.57 Å². The Morgan fingerprint density at radius 1 is 1.44 bits per heavy atom. The second-order valence-corrected chi connectivity index (χ2v) is 4.66. The van der Waals surface area contributed by atoms with Crippen LogP contribution < -0.4 is 11.1 Å². The first-order valence-corrected chi connectivity index (χ1v) is 5.96. The van der Waals surface area contributed by atoms with Crippen molar-refractivity contribution in [1.29, 1.82) is 0 Å². The molecule has 0 saturated carbocycles. The van der Waals surface area contributed by atoms with Gasteiger partial charge in [0.2, 0.25) is 5.91 Å². The van der Waals surface area contributed by atoms with Gasteiger partial charge in [-0.3, -0.25) is 9.69 Å². The Labute approximate surface area is 97.9 Å². The summed E-state index contributed by atoms with van der Waals surface area (Å²) in [5.74, 6) is -0.235. The van der Waals surface area contributed by atoms with Gasteiger partial charge >= 0.3 is 0 Å². The van der Waals surface area contributed by atoms with Gasteiger partial charge in [0.1, 0.15) is 0 Å². The average molecular weight is 225 g/mol. The van der Waals surface area contributed by atoms with Crippen LogP contribution in [0.4, 0.5) is 0 Å². The van der Waals surface area contributed by atoms with E-state index in [0.29, 0.717) is 12.6 Å². The summed E-state index contributed by atoms with van der Waals surface area (Å²) in [5, 5.41) is 3.33. The molecule has 4 heteroatoms. The first-order chi connectivity index (χ1) is 7.59. The largest absolute Gasteiger partial charge is 0.369 e. The third-order valence-electron chi connectivity index (χ3n) is 2.92. The van der Waals surface area contributed by atoms with Crippen molar-refractivity contribution in [3.8, 4) is 0 Å². The lowest BCUT2D eigenvalue weighted by Gasteiger charge is -2.33. The van der Waals surface area contributed by atoms with Crippen molar-refractivity contribution in [2.45, 2.75) is 32.7 Å². The van der Waals surface area contributed by atoms with Crippen LogP contribution in [0.25, 0.3) is 0 Å². The van der Waals surface area contributed by atoms with Gasteiger partial charge in [-0.05, 0) is 39.8 Å². The quantitative estimate of drug-likeness (QED) is 0.670. The van der Waals surface area contributed by atoms with Crippen molar-refractivity contribution in [2.75, 3.05) is 26.2 Å². The number of nitrogens with one attached hydrogen (secondary N) is 1. The normalized spacial score (nSPS) is 17.4. The highest BCUT2D eigenvalue weighted by molar-refractivity contribution is 5.76. The molecule has 0 unspecified atom stereocenters. The van der Waals surface area contributed by atoms with Crippen LogP contribution in [-0.2, 0) is 4.79 Å². The highest BCUT2D eigenvalue weighted by atomic mass is 16.1. The maximum Gasteiger partial charge on any atom is 0.231 e. The minimum absolute atomic E-state index is 0.235. The van der Waals surface area contributed by atoms with Crippen molar-refractivity contribution >= 4 is 5.91 Å². The van der Waals surface area contributed by atoms with Crippen molar-refractivity contribution in [1.82, 2.24) is 10.2 Å². The van der Waals surface area contributed by atoms with Gasteiger partial charge in [-0.25, -0.2) is 0 Å². The van der Waals surface area contributed by atoms with Gasteiger partial charge in [-0.1, -0.05) is 11.6 Å². The van der Waals surface area contributed by atoms with Crippen LogP contribution in [-0.4, -0.2) is 43.0 Å². The summed E-state index contributed by atoms with van der Waals surface area (Å²) >= 11 is 0. The maximum absolute atomic E-state index is 11.0. The molecule has 3 N–H and O–H groups in total. The Morgan fingerprint density at radius 2 is 2.06 bits per heavy atom. The van der Waals surface area contributed by atoms with E-state index in [-0.39, 0.29) is 5.91 Å². The molecule has 0 aliphatic carbocycles. The summed E-state index contributed by atoms with van der Waals surface area (Å²) in [6.07, 6.45) is 4.36. The van der Waals surface area contributed by atoms with Crippen molar-refractivity contribution in [3.05, 3.63) is 11.6 Å². The number of nitrogens with two attached hydrogens (primary N) is 1. The Bertz CT molecular complexity index is 253. The minimum atomic E-state index is -0.235. The van der Waals surface area contributed by atoms with Gasteiger partial charge in [0.15, 0.2) is 0 Å². The molecule has 0 aromatic heterocycles. The lowest BCUT2D eigenvalue weighted by atomic mass is 10.0. The number of piperidine rings is 1. The van der Waals surface area contributed by atoms with Gasteiger partial charge in [0, 0.05) is 12.6 Å². The monoisotopic (exact) mass is 225 g/mol. The zero-order valence-corrected chi connectivity index (χ0v) is 10.3. The molecule has 1 aliphatic rings. The molecule has 1 saturated heterocycles. The van der Waals surface area contributed by atoms with E-state index in [2.05, 4.69) is 30.1 Å². The molecular formula is C12H23N3O. The van der Waals surface area contributed by atoms with E-state index in [9.17, 15) is 4.79 Å². The highest BCUT2D eigenvalue weighted by Gasteiger charge is 2.21. The fourth-order valence-electron chi connectivity index (χ4n) is 2.01. The first-order valence-electron chi connectivity index (χ1n) is 5.96. The van der Waals surface area contributed by atoms with Gasteiger partial charge in [-0.2, -0.15) is 0 Å². The van der Waals surface area contributed by atoms with Gasteiger partial charge in [0.25, 0.3) is 0 Å². The number of hydrogen-bond acceptors (Lipinski definition) is 3. The fourth-order valence-corrected chi connectivity index (χ4v) is 2.01. The van der Waals surface area contributed by atoms with Crippen molar-refractivity contribution in [2.24, 2.45) is 5.73 Å². The minimum Gasteiger partial charge on any atom is -0.369 e. The average Bonchev–Trinajstić information content (AvgIpc) is 2.25. The van der Waals surface area contributed by atoms with Gasteiger partial charge in [-0.15, -0.1) is 0 Å². The first kappa shape index (κ1) is 13.2. The summed E-state index contributed by atoms with van der Waals surface area (Å²) in [4.78, 5) is 13.2. The van der Waals surface area contributed by atoms with Gasteiger partial charge < -0.3 is 11.1 Å². The number of nitrogens with zero attached hydrogens (tertiary/aromatic N) is 1. The lowest BCUT2D eigenvalue weighted by molar-refractivity contribution is -0.119. The Morgan fingerprint density at radius 3 is 2.56 bits per heavy atom. The van der Waals surface area contributed by atoms with Crippen LogP contribution in [0.2, 0.25) is 0 Å². The van der Waals surface area contributed by atoms with Crippen LogP contribution in [0, 0.1) is 0 Å². The van der Waals surface area contributed by atoms with Crippen LogP contribution in [0.15, 0.2) is 11.6 Å². The molecule has 0 spiro atoms. The zero-order valence-electron chi connectivity index (χ0n) is 10.3. The second kappa shape index (κ2) is 6.66. The van der Waals surface area contributed by atoms with Crippen molar-refractivity contribution < 1.29 is 4.79 Å². The van der Waals surface area contributed by atoms with E-state index >= 15 is 0 Å². The predicted molar refractivity (Wildman–Crippen MR) is 66.1 cm³/mol. The molecular weight excluding hydrogens is 202 g/mol. The number of allylic oxidation sites excluding steroid dienone is 1. The second-order valence-electron chi connectivity index (χ2n) is 4.66. The Hall–Kier alpha value is -0.870. The SMILES string of the molecule is CC(C)=CCN(CC(N)=O)C1CCNCC1. The van der Waals surface area contributed by atoms with Crippen LogP contribution >= 0.6 is 0 Å². The molecule has 1 aliphatic heterocycles. The Balaban J connectivity index is 2.54. The molecule has 0 aromatic rings. The third kappa shape index (κ3) is 4.77. The van der Waals surface area contributed by atoms with Crippen LogP contribution in [0.3, 0.4) is 0 Å². The van der Waals surface area contributed by atoms with E-state index < -0.39 is 0 Å². The van der Waals surface area contributed by atoms with E-state index in [4.69, 9.17) is 5.73 Å². The molecule has 16 heavy (non-hydrogen) atoms. The summed E-state index contributed by atoms with van der Waals surface area (Å²) in [6, 6.07) is 0.490. The Kier molecular flexibility index (Phi) is 5.49. The molecule has 1 heterocycles. The molecule has 0 bridgehead atoms. The molecule has 1 amide bonds. The number of carbonyl (C=O) groups excluding carboxylic acids is 1. The third-order valence-corrected chi connectivity index (χ3v) is 2.92. The number of carbonyl (C=O) groups is 1.